The maximum absolute atomic E-state index is 12.6. The average molecular weight is 1030 g/mol. The molecular formula is C40H61N3O28. The number of amides is 2. The van der Waals surface area contributed by atoms with E-state index in [1.54, 1.807) is 0 Å². The molecule has 0 aromatic heterocycles. The van der Waals surface area contributed by atoms with E-state index in [1.165, 1.54) is 12.1 Å². The molecule has 5 aliphatic heterocycles. The second-order valence-electron chi connectivity index (χ2n) is 17.3. The Kier molecular flexibility index (Phi) is 19.7. The molecule has 0 bridgehead atoms. The molecule has 25 atom stereocenters. The van der Waals surface area contributed by atoms with Gasteiger partial charge in [0.2, 0.25) is 18.1 Å². The van der Waals surface area contributed by atoms with Gasteiger partial charge in [0.15, 0.2) is 25.2 Å². The van der Waals surface area contributed by atoms with Crippen LogP contribution in [0.25, 0.3) is 0 Å². The van der Waals surface area contributed by atoms with E-state index in [1.807, 2.05) is 0 Å². The minimum atomic E-state index is -2.19. The molecule has 31 heteroatoms. The molecular weight excluding hydrogens is 970 g/mol. The van der Waals surface area contributed by atoms with Crippen molar-refractivity contribution in [2.75, 3.05) is 33.0 Å². The van der Waals surface area contributed by atoms with Crippen molar-refractivity contribution >= 4 is 17.5 Å². The van der Waals surface area contributed by atoms with E-state index in [-0.39, 0.29) is 11.4 Å². The van der Waals surface area contributed by atoms with Gasteiger partial charge in [0, 0.05) is 26.0 Å². The van der Waals surface area contributed by atoms with Gasteiger partial charge in [-0.25, -0.2) is 0 Å². The first-order valence-electron chi connectivity index (χ1n) is 22.2. The Balaban J connectivity index is 1.18. The molecule has 16 N–H and O–H groups in total. The number of hydrogen-bond donors (Lipinski definition) is 16. The van der Waals surface area contributed by atoms with Gasteiger partial charge in [-0.1, -0.05) is 0 Å². The van der Waals surface area contributed by atoms with Gasteiger partial charge < -0.3 is 129 Å². The zero-order valence-electron chi connectivity index (χ0n) is 37.7. The number of aliphatic hydroxyl groups is 14. The number of carbonyl (C=O) groups excluding carboxylic acids is 2. The summed E-state index contributed by atoms with van der Waals surface area (Å²) in [5, 5.41) is 167. The summed E-state index contributed by atoms with van der Waals surface area (Å²) in [5.41, 5.74) is -0.276. The Hall–Kier alpha value is -3.56. The lowest BCUT2D eigenvalue weighted by Gasteiger charge is -2.50. The van der Waals surface area contributed by atoms with Crippen molar-refractivity contribution in [2.45, 2.75) is 167 Å². The second-order valence-corrected chi connectivity index (χ2v) is 17.3. The minimum absolute atomic E-state index is 0.0314. The lowest BCUT2D eigenvalue weighted by atomic mass is 9.93. The number of rotatable bonds is 18. The average Bonchev–Trinajstić information content (AvgIpc) is 3.34. The van der Waals surface area contributed by atoms with Crippen LogP contribution in [0.5, 0.6) is 5.75 Å². The lowest BCUT2D eigenvalue weighted by Crippen LogP contribution is -2.71. The number of benzene rings is 1. The van der Waals surface area contributed by atoms with Crippen LogP contribution in [0.2, 0.25) is 0 Å². The van der Waals surface area contributed by atoms with Crippen LogP contribution >= 0.6 is 0 Å². The van der Waals surface area contributed by atoms with Gasteiger partial charge in [-0.3, -0.25) is 19.7 Å². The lowest BCUT2D eigenvalue weighted by molar-refractivity contribution is -0.386. The Morgan fingerprint density at radius 3 is 1.35 bits per heavy atom. The standard InChI is InChI=1S/C40H61N3O28/c1-12(49)41-21-26(54)23(51)16(7-44)63-36(21)70-34-22(42-13(2)50)37(64-17(8-45)24(34)52)71-35-25(53)18(9-46)65-40(31(35)59)69-33-20(11-48)67-39(30(58)28(33)56)68-32-19(10-47)66-38(29(57)27(32)55)62-15-5-3-14(4-6-15)43(60)61/h3-6,16-40,44-48,51-59H,7-11H2,1-2H3,(H,41,49)(H,42,50)/t16?,17?,18?,19?,20?,21?,22?,23-,24-,25-,26?,27?,28?,29?,30?,31?,32+,33-,34?,35?,36+,37-,38+,39-,40+/m0/s1. The quantitative estimate of drug-likeness (QED) is 0.0479. The molecule has 5 saturated heterocycles. The summed E-state index contributed by atoms with van der Waals surface area (Å²) in [6.07, 6.45) is -42.7. The molecule has 5 heterocycles. The minimum Gasteiger partial charge on any atom is -0.462 e. The summed E-state index contributed by atoms with van der Waals surface area (Å²) in [4.78, 5) is 35.1. The summed E-state index contributed by atoms with van der Waals surface area (Å²) >= 11 is 0. The van der Waals surface area contributed by atoms with Crippen LogP contribution in [0.3, 0.4) is 0 Å². The molecule has 6 rings (SSSR count). The van der Waals surface area contributed by atoms with E-state index < -0.39 is 203 Å². The number of nitrogens with one attached hydrogen (secondary N) is 2. The highest BCUT2D eigenvalue weighted by atomic mass is 16.8. The first-order chi connectivity index (χ1) is 33.7. The van der Waals surface area contributed by atoms with Crippen molar-refractivity contribution in [3.05, 3.63) is 34.4 Å². The molecule has 0 radical (unpaired) electrons. The largest absolute Gasteiger partial charge is 0.462 e. The molecule has 2 amide bonds. The summed E-state index contributed by atoms with van der Waals surface area (Å²) < 4.78 is 57.4. The fraction of sp³-hybridized carbons (Fsp3) is 0.800. The fourth-order valence-corrected chi connectivity index (χ4v) is 8.70. The molecule has 5 aliphatic rings. The second kappa shape index (κ2) is 24.6. The topological polar surface area (TPSA) is 477 Å². The van der Waals surface area contributed by atoms with E-state index >= 15 is 0 Å². The molecule has 31 nitrogen and oxygen atoms in total. The fourth-order valence-electron chi connectivity index (χ4n) is 8.70. The Bertz CT molecular complexity index is 1890. The SMILES string of the molecule is CC(=O)NC1C(O)[C@@H](O)C(CO)O[C@@H]1OC1C(NC(C)=O)[C@H](OC2C(O)[C@@H](O[C@H]3C(CO)O[C@@H](O[C@@H]4C(CO)O[C@@H](Oc5ccc([N+](=O)[O-])cc5)C(O)C4O)C(O)C3O)OC(CO)[C@@H]2O)OC(CO)[C@@H]1O. The first kappa shape index (κ1) is 56.7. The summed E-state index contributed by atoms with van der Waals surface area (Å²) in [7, 11) is 0. The van der Waals surface area contributed by atoms with E-state index in [2.05, 4.69) is 10.6 Å². The predicted octanol–water partition coefficient (Wildman–Crippen LogP) is -9.64. The van der Waals surface area contributed by atoms with Crippen LogP contribution < -0.4 is 15.4 Å². The molecule has 1 aromatic carbocycles. The highest BCUT2D eigenvalue weighted by Crippen LogP contribution is 2.36. The Morgan fingerprint density at radius 1 is 0.479 bits per heavy atom. The third-order valence-electron chi connectivity index (χ3n) is 12.4. The van der Waals surface area contributed by atoms with Gasteiger partial charge in [-0.2, -0.15) is 0 Å². The van der Waals surface area contributed by atoms with Crippen LogP contribution in [0.15, 0.2) is 24.3 Å². The molecule has 0 spiro atoms. The molecule has 5 fully saturated rings. The Morgan fingerprint density at radius 2 is 0.859 bits per heavy atom. The highest BCUT2D eigenvalue weighted by molar-refractivity contribution is 5.73. The first-order valence-corrected chi connectivity index (χ1v) is 22.2. The van der Waals surface area contributed by atoms with Gasteiger partial charge >= 0.3 is 0 Å². The van der Waals surface area contributed by atoms with Gasteiger partial charge in [0.05, 0.1) is 38.0 Å². The predicted molar refractivity (Wildman–Crippen MR) is 221 cm³/mol. The number of hydrogen-bond acceptors (Lipinski definition) is 28. The van der Waals surface area contributed by atoms with Crippen LogP contribution in [0, 0.1) is 10.1 Å². The smallest absolute Gasteiger partial charge is 0.269 e. The number of non-ortho nitro benzene ring substituents is 1. The van der Waals surface area contributed by atoms with Gasteiger partial charge in [-0.15, -0.1) is 0 Å². The molecule has 404 valence electrons. The van der Waals surface area contributed by atoms with E-state index in [4.69, 9.17) is 47.4 Å². The molecule has 0 aliphatic carbocycles. The number of carbonyl (C=O) groups is 2. The van der Waals surface area contributed by atoms with Gasteiger partial charge in [0.1, 0.15) is 128 Å². The van der Waals surface area contributed by atoms with Crippen molar-refractivity contribution < 1.29 is 133 Å². The molecule has 0 saturated carbocycles. The van der Waals surface area contributed by atoms with Crippen LogP contribution in [0.1, 0.15) is 13.8 Å². The molecule has 71 heavy (non-hydrogen) atoms. The summed E-state index contributed by atoms with van der Waals surface area (Å²) in [6, 6.07) is 1.30. The maximum atomic E-state index is 12.6. The van der Waals surface area contributed by atoms with Crippen molar-refractivity contribution in [1.82, 2.24) is 10.6 Å². The van der Waals surface area contributed by atoms with E-state index in [9.17, 15) is 91.2 Å². The van der Waals surface area contributed by atoms with Gasteiger partial charge in [0.25, 0.3) is 5.69 Å². The summed E-state index contributed by atoms with van der Waals surface area (Å²) in [5.74, 6) is -1.59. The monoisotopic (exact) mass is 1030 g/mol. The van der Waals surface area contributed by atoms with Crippen molar-refractivity contribution in [3.8, 4) is 5.75 Å². The number of aliphatic hydroxyl groups excluding tert-OH is 14. The number of nitro groups is 1. The highest BCUT2D eigenvalue weighted by Gasteiger charge is 2.57. The Labute approximate surface area is 401 Å². The third-order valence-corrected chi connectivity index (χ3v) is 12.4. The van der Waals surface area contributed by atoms with Crippen molar-refractivity contribution in [2.24, 2.45) is 0 Å². The maximum Gasteiger partial charge on any atom is 0.269 e. The van der Waals surface area contributed by atoms with E-state index in [0.717, 1.165) is 26.0 Å². The number of nitro benzene ring substituents is 1. The third kappa shape index (κ3) is 12.5. The van der Waals surface area contributed by atoms with Crippen LogP contribution in [-0.4, -0.2) is 275 Å². The molecule has 1 aromatic rings. The zero-order valence-corrected chi connectivity index (χ0v) is 37.7. The summed E-state index contributed by atoms with van der Waals surface area (Å²) in [6.45, 7) is -2.67. The van der Waals surface area contributed by atoms with Crippen molar-refractivity contribution in [1.29, 1.82) is 0 Å². The van der Waals surface area contributed by atoms with E-state index in [0.29, 0.717) is 0 Å². The zero-order chi connectivity index (χ0) is 52.2. The van der Waals surface area contributed by atoms with Crippen LogP contribution in [-0.2, 0) is 52.2 Å². The van der Waals surface area contributed by atoms with Crippen LogP contribution in [0.4, 0.5) is 5.69 Å². The molecule has 15 unspecified atom stereocenters. The number of nitrogens with zero attached hydrogens (tertiary/aromatic N) is 1. The van der Waals surface area contributed by atoms with Gasteiger partial charge in [-0.05, 0) is 12.1 Å². The number of ether oxygens (including phenoxy) is 10. The van der Waals surface area contributed by atoms with Crippen molar-refractivity contribution in [3.63, 3.8) is 0 Å². The normalized spacial score (nSPS) is 44.1.